The molecule has 0 aromatic heterocycles. The van der Waals surface area contributed by atoms with Gasteiger partial charge in [0.2, 0.25) is 0 Å². The van der Waals surface area contributed by atoms with E-state index >= 15 is 0 Å². The van der Waals surface area contributed by atoms with Crippen LogP contribution in [0, 0.1) is 10.1 Å². The molecule has 118 valence electrons. The minimum absolute atomic E-state index is 0.0910. The topological polar surface area (TPSA) is 60.2 Å². The quantitative estimate of drug-likeness (QED) is 0.375. The highest BCUT2D eigenvalue weighted by Gasteiger charge is 2.18. The van der Waals surface area contributed by atoms with Gasteiger partial charge in [-0.15, -0.1) is 0 Å². The Labute approximate surface area is 143 Å². The first-order valence-corrected chi connectivity index (χ1v) is 8.08. The fourth-order valence-electron chi connectivity index (χ4n) is 2.26. The molecule has 0 aliphatic rings. The molecule has 0 amide bonds. The molecule has 0 aliphatic heterocycles. The second-order valence-corrected chi connectivity index (χ2v) is 6.16. The van der Waals surface area contributed by atoms with Crippen LogP contribution in [0.2, 0.25) is 0 Å². The number of rotatable bonds is 5. The Morgan fingerprint density at radius 1 is 0.875 bits per heavy atom. The van der Waals surface area contributed by atoms with E-state index in [2.05, 4.69) is 0 Å². The Balaban J connectivity index is 2.05. The number of non-ortho nitro benzene ring substituents is 1. The van der Waals surface area contributed by atoms with Crippen LogP contribution in [0.4, 0.5) is 5.69 Å². The van der Waals surface area contributed by atoms with Crippen LogP contribution in [0.3, 0.4) is 0 Å². The van der Waals surface area contributed by atoms with Gasteiger partial charge in [-0.3, -0.25) is 14.9 Å². The molecular formula is C19H13NO3S. The van der Waals surface area contributed by atoms with E-state index in [1.807, 2.05) is 36.4 Å². The van der Waals surface area contributed by atoms with Gasteiger partial charge in [0.1, 0.15) is 0 Å². The molecule has 0 unspecified atom stereocenters. The Kier molecular flexibility index (Phi) is 4.72. The van der Waals surface area contributed by atoms with Crippen LogP contribution >= 0.6 is 11.8 Å². The number of nitro benzene ring substituents is 1. The highest BCUT2D eigenvalue weighted by atomic mass is 32.2. The first-order valence-electron chi connectivity index (χ1n) is 7.26. The van der Waals surface area contributed by atoms with Crippen LogP contribution in [0.1, 0.15) is 15.9 Å². The Morgan fingerprint density at radius 3 is 2.12 bits per heavy atom. The van der Waals surface area contributed by atoms with Gasteiger partial charge < -0.3 is 0 Å². The highest BCUT2D eigenvalue weighted by Crippen LogP contribution is 2.33. The summed E-state index contributed by atoms with van der Waals surface area (Å²) >= 11 is 1.41. The number of ketones is 1. The molecule has 0 spiro atoms. The third kappa shape index (κ3) is 3.52. The summed E-state index contributed by atoms with van der Waals surface area (Å²) in [5.74, 6) is -0.224. The zero-order chi connectivity index (χ0) is 16.9. The zero-order valence-corrected chi connectivity index (χ0v) is 13.4. The van der Waals surface area contributed by atoms with Crippen LogP contribution in [0.25, 0.3) is 0 Å². The van der Waals surface area contributed by atoms with Crippen LogP contribution < -0.4 is 0 Å². The summed E-state index contributed by atoms with van der Waals surface area (Å²) < 4.78 is 0. The van der Waals surface area contributed by atoms with Crippen molar-refractivity contribution in [1.29, 1.82) is 0 Å². The number of nitrogens with zero attached hydrogens (tertiary/aromatic N) is 1. The molecule has 0 atom stereocenters. The van der Waals surface area contributed by atoms with Gasteiger partial charge in [-0.25, -0.2) is 0 Å². The first-order chi connectivity index (χ1) is 11.6. The SMILES string of the molecule is O=C(c1ccccc1)c1cc([N+](=O)[O-])ccc1Sc1ccccc1. The number of carbonyl (C=O) groups is 1. The van der Waals surface area contributed by atoms with Crippen molar-refractivity contribution < 1.29 is 9.72 Å². The van der Waals surface area contributed by atoms with E-state index < -0.39 is 4.92 Å². The lowest BCUT2D eigenvalue weighted by molar-refractivity contribution is -0.384. The second-order valence-electron chi connectivity index (χ2n) is 5.05. The minimum atomic E-state index is -0.487. The number of carbonyl (C=O) groups excluding carboxylic acids is 1. The highest BCUT2D eigenvalue weighted by molar-refractivity contribution is 7.99. The summed E-state index contributed by atoms with van der Waals surface area (Å²) in [5, 5.41) is 11.1. The van der Waals surface area contributed by atoms with Crippen LogP contribution in [-0.4, -0.2) is 10.7 Å². The van der Waals surface area contributed by atoms with Gasteiger partial charge in [-0.05, 0) is 18.2 Å². The maximum atomic E-state index is 12.8. The molecule has 0 bridgehead atoms. The average molecular weight is 335 g/mol. The number of nitro groups is 1. The van der Waals surface area contributed by atoms with Crippen molar-refractivity contribution in [2.24, 2.45) is 0 Å². The van der Waals surface area contributed by atoms with Crippen molar-refractivity contribution in [3.8, 4) is 0 Å². The van der Waals surface area contributed by atoms with E-state index in [-0.39, 0.29) is 11.5 Å². The predicted molar refractivity (Wildman–Crippen MR) is 93.5 cm³/mol. The smallest absolute Gasteiger partial charge is 0.270 e. The normalized spacial score (nSPS) is 10.3. The van der Waals surface area contributed by atoms with Gasteiger partial charge in [0.15, 0.2) is 5.78 Å². The van der Waals surface area contributed by atoms with E-state index in [1.54, 1.807) is 30.3 Å². The van der Waals surface area contributed by atoms with Gasteiger partial charge in [0, 0.05) is 33.1 Å². The average Bonchev–Trinajstić information content (AvgIpc) is 2.63. The van der Waals surface area contributed by atoms with E-state index in [0.717, 1.165) is 4.90 Å². The molecule has 0 N–H and O–H groups in total. The molecule has 0 saturated heterocycles. The van der Waals surface area contributed by atoms with E-state index in [1.165, 1.54) is 23.9 Å². The van der Waals surface area contributed by atoms with Crippen LogP contribution in [0.15, 0.2) is 88.7 Å². The lowest BCUT2D eigenvalue weighted by Crippen LogP contribution is -2.04. The largest absolute Gasteiger partial charge is 0.289 e. The number of benzene rings is 3. The van der Waals surface area contributed by atoms with E-state index in [9.17, 15) is 14.9 Å². The molecule has 0 radical (unpaired) electrons. The standard InChI is InChI=1S/C19H13NO3S/c21-19(14-7-3-1-4-8-14)17-13-15(20(22)23)11-12-18(17)24-16-9-5-2-6-10-16/h1-13H. The van der Waals surface area contributed by atoms with Crippen molar-refractivity contribution in [3.05, 3.63) is 100 Å². The second kappa shape index (κ2) is 7.10. The maximum absolute atomic E-state index is 12.8. The summed E-state index contributed by atoms with van der Waals surface area (Å²) in [7, 11) is 0. The van der Waals surface area contributed by atoms with Crippen molar-refractivity contribution in [2.75, 3.05) is 0 Å². The lowest BCUT2D eigenvalue weighted by Gasteiger charge is -2.09. The van der Waals surface area contributed by atoms with Crippen LogP contribution in [0.5, 0.6) is 0 Å². The van der Waals surface area contributed by atoms with Gasteiger partial charge in [-0.2, -0.15) is 0 Å². The molecule has 24 heavy (non-hydrogen) atoms. The predicted octanol–water partition coefficient (Wildman–Crippen LogP) is 4.98. The van der Waals surface area contributed by atoms with Crippen molar-refractivity contribution in [1.82, 2.24) is 0 Å². The molecule has 3 aromatic rings. The monoisotopic (exact) mass is 335 g/mol. The summed E-state index contributed by atoms with van der Waals surface area (Å²) in [4.78, 5) is 25.0. The third-order valence-electron chi connectivity index (χ3n) is 3.43. The van der Waals surface area contributed by atoms with Crippen LogP contribution in [-0.2, 0) is 0 Å². The molecule has 5 heteroatoms. The molecule has 3 aromatic carbocycles. The molecular weight excluding hydrogens is 322 g/mol. The van der Waals surface area contributed by atoms with Gasteiger partial charge in [0.05, 0.1) is 4.92 Å². The van der Waals surface area contributed by atoms with Gasteiger partial charge in [0.25, 0.3) is 5.69 Å². The fraction of sp³-hybridized carbons (Fsp3) is 0. The van der Waals surface area contributed by atoms with Gasteiger partial charge in [-0.1, -0.05) is 60.3 Å². The third-order valence-corrected chi connectivity index (χ3v) is 4.51. The fourth-order valence-corrected chi connectivity index (χ4v) is 3.20. The summed E-state index contributed by atoms with van der Waals surface area (Å²) in [6.45, 7) is 0. The zero-order valence-electron chi connectivity index (χ0n) is 12.6. The van der Waals surface area contributed by atoms with Crippen molar-refractivity contribution in [3.63, 3.8) is 0 Å². The first kappa shape index (κ1) is 16.0. The molecule has 4 nitrogen and oxygen atoms in total. The van der Waals surface area contributed by atoms with E-state index in [0.29, 0.717) is 16.0 Å². The summed E-state index contributed by atoms with van der Waals surface area (Å²) in [5.41, 5.74) is 0.754. The van der Waals surface area contributed by atoms with Crippen molar-refractivity contribution in [2.45, 2.75) is 9.79 Å². The summed E-state index contributed by atoms with van der Waals surface area (Å²) in [6.07, 6.45) is 0. The molecule has 0 heterocycles. The minimum Gasteiger partial charge on any atom is -0.289 e. The van der Waals surface area contributed by atoms with Gasteiger partial charge >= 0.3 is 0 Å². The Bertz CT molecular complexity index is 880. The molecule has 0 fully saturated rings. The Morgan fingerprint density at radius 2 is 1.50 bits per heavy atom. The number of hydrogen-bond donors (Lipinski definition) is 0. The number of hydrogen-bond acceptors (Lipinski definition) is 4. The van der Waals surface area contributed by atoms with E-state index in [4.69, 9.17) is 0 Å². The summed E-state index contributed by atoms with van der Waals surface area (Å²) in [6, 6.07) is 22.8. The Hall–Kier alpha value is -2.92. The molecule has 0 aliphatic carbocycles. The lowest BCUT2D eigenvalue weighted by atomic mass is 10.0. The molecule has 0 saturated carbocycles. The molecule has 3 rings (SSSR count). The maximum Gasteiger partial charge on any atom is 0.270 e. The van der Waals surface area contributed by atoms with Crippen molar-refractivity contribution >= 4 is 23.2 Å².